The van der Waals surface area contributed by atoms with Crippen molar-refractivity contribution in [2.45, 2.75) is 13.2 Å². The maximum absolute atomic E-state index is 12.8. The number of amides is 1. The zero-order valence-electron chi connectivity index (χ0n) is 14.2. The van der Waals surface area contributed by atoms with Gasteiger partial charge in [0.1, 0.15) is 11.5 Å². The Balaban J connectivity index is 1.73. The predicted octanol–water partition coefficient (Wildman–Crippen LogP) is 3.35. The van der Waals surface area contributed by atoms with Crippen LogP contribution in [0.5, 0.6) is 0 Å². The molecule has 8 heteroatoms. The van der Waals surface area contributed by atoms with Crippen LogP contribution in [-0.2, 0) is 4.74 Å². The lowest BCUT2D eigenvalue weighted by Gasteiger charge is -2.23. The van der Waals surface area contributed by atoms with Crippen LogP contribution in [0.2, 0.25) is 5.02 Å². The second kappa shape index (κ2) is 6.77. The van der Waals surface area contributed by atoms with E-state index < -0.39 is 18.1 Å². The van der Waals surface area contributed by atoms with Gasteiger partial charge in [-0.05, 0) is 31.2 Å². The van der Waals surface area contributed by atoms with Gasteiger partial charge in [0.25, 0.3) is 5.91 Å². The van der Waals surface area contributed by atoms with E-state index in [1.807, 2.05) is 13.0 Å². The van der Waals surface area contributed by atoms with Crippen LogP contribution in [0.4, 0.5) is 5.82 Å². The van der Waals surface area contributed by atoms with Crippen LogP contribution in [0.25, 0.3) is 0 Å². The van der Waals surface area contributed by atoms with E-state index in [1.54, 1.807) is 30.3 Å². The van der Waals surface area contributed by atoms with Crippen molar-refractivity contribution in [2.24, 2.45) is 0 Å². The van der Waals surface area contributed by atoms with Gasteiger partial charge in [-0.25, -0.2) is 19.7 Å². The Kier molecular flexibility index (Phi) is 4.29. The van der Waals surface area contributed by atoms with Crippen molar-refractivity contribution < 1.29 is 14.3 Å². The fourth-order valence-electron chi connectivity index (χ4n) is 2.82. The summed E-state index contributed by atoms with van der Waals surface area (Å²) in [5, 5.41) is 0.424. The van der Waals surface area contributed by atoms with Crippen LogP contribution in [-0.4, -0.2) is 26.8 Å². The summed E-state index contributed by atoms with van der Waals surface area (Å²) >= 11 is 5.88. The lowest BCUT2D eigenvalue weighted by molar-refractivity contribution is 0.0298. The fourth-order valence-corrected chi connectivity index (χ4v) is 2.93. The average Bonchev–Trinajstić information content (AvgIpc) is 2.95. The zero-order chi connectivity index (χ0) is 19.0. The minimum Gasteiger partial charge on any atom is -0.431 e. The van der Waals surface area contributed by atoms with E-state index in [0.29, 0.717) is 10.6 Å². The molecule has 3 aromatic rings. The predicted molar refractivity (Wildman–Crippen MR) is 97.4 cm³/mol. The second-order valence-corrected chi connectivity index (χ2v) is 6.36. The molecule has 0 aliphatic carbocycles. The zero-order valence-corrected chi connectivity index (χ0v) is 14.9. The molecule has 1 aliphatic rings. The number of aryl methyl sites for hydroxylation is 1. The first-order chi connectivity index (χ1) is 13.0. The third kappa shape index (κ3) is 3.13. The molecular formula is C19H13ClN4O3. The minimum atomic E-state index is -1.07. The van der Waals surface area contributed by atoms with Crippen molar-refractivity contribution in [3.05, 3.63) is 82.5 Å². The number of ether oxygens (including phenoxy) is 1. The number of pyridine rings is 1. The van der Waals surface area contributed by atoms with Crippen LogP contribution >= 0.6 is 11.6 Å². The topological polar surface area (TPSA) is 85.3 Å². The molecular weight excluding hydrogens is 368 g/mol. The van der Waals surface area contributed by atoms with Crippen molar-refractivity contribution in [1.29, 1.82) is 0 Å². The highest BCUT2D eigenvalue weighted by Crippen LogP contribution is 2.36. The normalized spacial score (nSPS) is 15.6. The third-order valence-electron chi connectivity index (χ3n) is 4.05. The summed E-state index contributed by atoms with van der Waals surface area (Å²) in [5.41, 5.74) is 1.68. The van der Waals surface area contributed by atoms with Gasteiger partial charge in [-0.2, -0.15) is 0 Å². The molecule has 4 rings (SSSR count). The first-order valence-corrected chi connectivity index (χ1v) is 8.46. The smallest absolute Gasteiger partial charge is 0.340 e. The minimum absolute atomic E-state index is 0.122. The number of fused-ring (bicyclic) bond motifs is 1. The number of halogens is 1. The Bertz CT molecular complexity index is 1040. The number of aromatic nitrogens is 3. The van der Waals surface area contributed by atoms with Crippen LogP contribution in [0.3, 0.4) is 0 Å². The van der Waals surface area contributed by atoms with E-state index in [9.17, 15) is 9.59 Å². The van der Waals surface area contributed by atoms with Gasteiger partial charge in [0.2, 0.25) is 6.23 Å². The summed E-state index contributed by atoms with van der Waals surface area (Å²) in [6.45, 7) is 1.88. The van der Waals surface area contributed by atoms with E-state index in [1.165, 1.54) is 23.5 Å². The van der Waals surface area contributed by atoms with Crippen molar-refractivity contribution >= 4 is 29.3 Å². The number of nitrogens with zero attached hydrogens (tertiary/aromatic N) is 4. The van der Waals surface area contributed by atoms with Gasteiger partial charge in [-0.1, -0.05) is 29.3 Å². The molecule has 2 aromatic heterocycles. The van der Waals surface area contributed by atoms with E-state index in [-0.39, 0.29) is 17.2 Å². The monoisotopic (exact) mass is 380 g/mol. The second-order valence-electron chi connectivity index (χ2n) is 5.93. The highest BCUT2D eigenvalue weighted by Gasteiger charge is 2.43. The number of rotatable bonds is 3. The molecule has 3 heterocycles. The molecule has 134 valence electrons. The van der Waals surface area contributed by atoms with Crippen molar-refractivity contribution in [3.8, 4) is 0 Å². The summed E-state index contributed by atoms with van der Waals surface area (Å²) in [6.07, 6.45) is 3.20. The molecule has 1 aromatic carbocycles. The van der Waals surface area contributed by atoms with E-state index in [2.05, 4.69) is 15.0 Å². The van der Waals surface area contributed by atoms with Gasteiger partial charge in [0.15, 0.2) is 5.69 Å². The van der Waals surface area contributed by atoms with Gasteiger partial charge >= 0.3 is 5.97 Å². The SMILES string of the molecule is Cc1cccc(C(=O)OC2c3nccnc3C(=O)N2c2ccc(Cl)cn2)c1. The lowest BCUT2D eigenvalue weighted by Crippen LogP contribution is -2.31. The van der Waals surface area contributed by atoms with Crippen LogP contribution in [0.1, 0.15) is 38.3 Å². The van der Waals surface area contributed by atoms with Crippen molar-refractivity contribution in [1.82, 2.24) is 15.0 Å². The number of esters is 1. The summed E-state index contributed by atoms with van der Waals surface area (Å²) in [7, 11) is 0. The summed E-state index contributed by atoms with van der Waals surface area (Å²) in [5.74, 6) is -0.741. The quantitative estimate of drug-likeness (QED) is 0.648. The molecule has 0 fully saturated rings. The first-order valence-electron chi connectivity index (χ1n) is 8.08. The lowest BCUT2D eigenvalue weighted by atomic mass is 10.1. The molecule has 0 spiro atoms. The van der Waals surface area contributed by atoms with Crippen LogP contribution < -0.4 is 4.90 Å². The van der Waals surface area contributed by atoms with Crippen LogP contribution in [0, 0.1) is 6.92 Å². The van der Waals surface area contributed by atoms with Gasteiger partial charge < -0.3 is 4.74 Å². The molecule has 1 atom stereocenters. The Labute approximate surface area is 159 Å². The van der Waals surface area contributed by atoms with Crippen molar-refractivity contribution in [3.63, 3.8) is 0 Å². The number of benzene rings is 1. The Morgan fingerprint density at radius 1 is 1.15 bits per heavy atom. The molecule has 0 N–H and O–H groups in total. The number of carbonyl (C=O) groups excluding carboxylic acids is 2. The van der Waals surface area contributed by atoms with E-state index >= 15 is 0 Å². The molecule has 1 amide bonds. The highest BCUT2D eigenvalue weighted by atomic mass is 35.5. The Morgan fingerprint density at radius 2 is 1.96 bits per heavy atom. The first kappa shape index (κ1) is 17.1. The maximum atomic E-state index is 12.8. The van der Waals surface area contributed by atoms with E-state index in [0.717, 1.165) is 5.56 Å². The number of hydrogen-bond acceptors (Lipinski definition) is 6. The summed E-state index contributed by atoms with van der Waals surface area (Å²) in [6, 6.07) is 10.2. The number of hydrogen-bond donors (Lipinski definition) is 0. The molecule has 7 nitrogen and oxygen atoms in total. The summed E-state index contributed by atoms with van der Waals surface area (Å²) < 4.78 is 5.64. The molecule has 0 radical (unpaired) electrons. The van der Waals surface area contributed by atoms with Crippen LogP contribution in [0.15, 0.2) is 55.0 Å². The Morgan fingerprint density at radius 3 is 2.70 bits per heavy atom. The third-order valence-corrected chi connectivity index (χ3v) is 4.27. The number of anilines is 1. The van der Waals surface area contributed by atoms with Crippen molar-refractivity contribution in [2.75, 3.05) is 4.90 Å². The Hall–Kier alpha value is -3.32. The highest BCUT2D eigenvalue weighted by molar-refractivity contribution is 6.30. The largest absolute Gasteiger partial charge is 0.431 e. The average molecular weight is 381 g/mol. The van der Waals surface area contributed by atoms with Gasteiger partial charge in [0.05, 0.1) is 10.6 Å². The van der Waals surface area contributed by atoms with Gasteiger partial charge in [-0.15, -0.1) is 0 Å². The maximum Gasteiger partial charge on any atom is 0.340 e. The molecule has 0 saturated heterocycles. The number of carbonyl (C=O) groups is 2. The summed E-state index contributed by atoms with van der Waals surface area (Å²) in [4.78, 5) is 39.2. The molecule has 27 heavy (non-hydrogen) atoms. The molecule has 1 unspecified atom stereocenters. The van der Waals surface area contributed by atoms with E-state index in [4.69, 9.17) is 16.3 Å². The molecule has 0 bridgehead atoms. The van der Waals surface area contributed by atoms with Gasteiger partial charge in [-0.3, -0.25) is 9.78 Å². The standard InChI is InChI=1S/C19H13ClN4O3/c1-11-3-2-4-12(9-11)19(26)27-18-16-15(21-7-8-22-16)17(25)24(18)14-6-5-13(20)10-23-14/h2-10,18H,1H3. The molecule has 1 aliphatic heterocycles. The fraction of sp³-hybridized carbons (Fsp3) is 0.105. The molecule has 0 saturated carbocycles. The van der Waals surface area contributed by atoms with Gasteiger partial charge in [0, 0.05) is 18.6 Å².